The topological polar surface area (TPSA) is 72.5 Å². The average molecular weight is 378 g/mol. The predicted octanol–water partition coefficient (Wildman–Crippen LogP) is 3.67. The minimum absolute atomic E-state index is 0.131. The largest absolute Gasteiger partial charge is 0.484 e. The fourth-order valence-electron chi connectivity index (χ4n) is 1.64. The molecular formula is C14H10Cl2FNO4S. The van der Waals surface area contributed by atoms with Gasteiger partial charge in [0.2, 0.25) is 0 Å². The highest BCUT2D eigenvalue weighted by Gasteiger charge is 2.13. The summed E-state index contributed by atoms with van der Waals surface area (Å²) < 4.78 is 39.7. The standard InChI is InChI=1S/C14H10Cl2FNO4S/c15-12-5-4-10(7-13(12)16)22-8-14(19)18-9-2-1-3-11(6-9)23(17,20)21/h1-7H,8H2,(H,18,19). The maximum atomic E-state index is 12.9. The molecule has 0 radical (unpaired) electrons. The van der Waals surface area contributed by atoms with Gasteiger partial charge in [0.25, 0.3) is 5.91 Å². The van der Waals surface area contributed by atoms with Gasteiger partial charge in [-0.2, -0.15) is 8.42 Å². The van der Waals surface area contributed by atoms with Crippen LogP contribution in [-0.4, -0.2) is 20.9 Å². The Labute approximate surface area is 142 Å². The van der Waals surface area contributed by atoms with Crippen molar-refractivity contribution >= 4 is 45.0 Å². The van der Waals surface area contributed by atoms with E-state index in [-0.39, 0.29) is 17.3 Å². The van der Waals surface area contributed by atoms with Gasteiger partial charge >= 0.3 is 10.2 Å². The number of halogens is 3. The lowest BCUT2D eigenvalue weighted by atomic mass is 10.3. The van der Waals surface area contributed by atoms with E-state index in [4.69, 9.17) is 27.9 Å². The molecule has 0 aliphatic heterocycles. The van der Waals surface area contributed by atoms with E-state index in [1.54, 1.807) is 0 Å². The van der Waals surface area contributed by atoms with Crippen LogP contribution in [0.3, 0.4) is 0 Å². The summed E-state index contributed by atoms with van der Waals surface area (Å²) in [5.74, 6) is -0.209. The highest BCUT2D eigenvalue weighted by molar-refractivity contribution is 7.86. The van der Waals surface area contributed by atoms with Gasteiger partial charge in [-0.1, -0.05) is 29.3 Å². The van der Waals surface area contributed by atoms with Crippen LogP contribution in [0, 0.1) is 0 Å². The van der Waals surface area contributed by atoms with Crippen LogP contribution in [0.1, 0.15) is 0 Å². The Hall–Kier alpha value is -1.83. The molecule has 0 aliphatic rings. The lowest BCUT2D eigenvalue weighted by Gasteiger charge is -2.08. The first-order chi connectivity index (χ1) is 10.8. The van der Waals surface area contributed by atoms with Gasteiger partial charge in [-0.25, -0.2) is 0 Å². The maximum absolute atomic E-state index is 12.9. The first-order valence-corrected chi connectivity index (χ1v) is 8.32. The molecule has 1 amide bonds. The lowest BCUT2D eigenvalue weighted by Crippen LogP contribution is -2.20. The second kappa shape index (κ2) is 7.16. The van der Waals surface area contributed by atoms with E-state index in [9.17, 15) is 17.1 Å². The summed E-state index contributed by atoms with van der Waals surface area (Å²) in [6.45, 7) is -0.343. The molecule has 0 bridgehead atoms. The number of hydrogen-bond donors (Lipinski definition) is 1. The third kappa shape index (κ3) is 5.09. The molecule has 23 heavy (non-hydrogen) atoms. The second-order valence-corrected chi connectivity index (χ2v) is 6.54. The van der Waals surface area contributed by atoms with Gasteiger partial charge in [0, 0.05) is 11.8 Å². The zero-order chi connectivity index (χ0) is 17.0. The summed E-state index contributed by atoms with van der Waals surface area (Å²) in [4.78, 5) is 11.2. The Bertz CT molecular complexity index is 842. The van der Waals surface area contributed by atoms with Gasteiger partial charge in [-0.05, 0) is 30.3 Å². The molecule has 0 saturated heterocycles. The van der Waals surface area contributed by atoms with Crippen molar-refractivity contribution in [3.63, 3.8) is 0 Å². The number of hydrogen-bond acceptors (Lipinski definition) is 4. The zero-order valence-corrected chi connectivity index (χ0v) is 13.8. The monoisotopic (exact) mass is 377 g/mol. The molecule has 9 heteroatoms. The fourth-order valence-corrected chi connectivity index (χ4v) is 2.44. The van der Waals surface area contributed by atoms with Crippen LogP contribution in [0.2, 0.25) is 10.0 Å². The Morgan fingerprint density at radius 3 is 2.52 bits per heavy atom. The van der Waals surface area contributed by atoms with Gasteiger partial charge in [0.1, 0.15) is 10.6 Å². The van der Waals surface area contributed by atoms with E-state index in [1.165, 1.54) is 30.3 Å². The van der Waals surface area contributed by atoms with Gasteiger partial charge in [-0.3, -0.25) is 4.79 Å². The van der Waals surface area contributed by atoms with Crippen molar-refractivity contribution in [2.75, 3.05) is 11.9 Å². The van der Waals surface area contributed by atoms with Crippen molar-refractivity contribution in [1.29, 1.82) is 0 Å². The van der Waals surface area contributed by atoms with Crippen LogP contribution < -0.4 is 10.1 Å². The summed E-state index contributed by atoms with van der Waals surface area (Å²) >= 11 is 11.6. The molecule has 0 aliphatic carbocycles. The van der Waals surface area contributed by atoms with E-state index >= 15 is 0 Å². The molecule has 1 N–H and O–H groups in total. The first kappa shape index (κ1) is 17.5. The second-order valence-electron chi connectivity index (χ2n) is 4.38. The highest BCUT2D eigenvalue weighted by atomic mass is 35.5. The number of rotatable bonds is 5. The van der Waals surface area contributed by atoms with Crippen molar-refractivity contribution in [3.8, 4) is 5.75 Å². The zero-order valence-electron chi connectivity index (χ0n) is 11.4. The normalized spacial score (nSPS) is 11.1. The SMILES string of the molecule is O=C(COc1ccc(Cl)c(Cl)c1)Nc1cccc(S(=O)(=O)F)c1. The molecule has 2 rings (SSSR count). The lowest BCUT2D eigenvalue weighted by molar-refractivity contribution is -0.118. The van der Waals surface area contributed by atoms with Crippen LogP contribution in [0.15, 0.2) is 47.4 Å². The highest BCUT2D eigenvalue weighted by Crippen LogP contribution is 2.26. The van der Waals surface area contributed by atoms with Crippen molar-refractivity contribution < 1.29 is 21.8 Å². The summed E-state index contributed by atoms with van der Waals surface area (Å²) in [6.07, 6.45) is 0. The van der Waals surface area contributed by atoms with Crippen LogP contribution in [-0.2, 0) is 15.0 Å². The first-order valence-electron chi connectivity index (χ1n) is 6.18. The maximum Gasteiger partial charge on any atom is 0.332 e. The number of benzene rings is 2. The summed E-state index contributed by atoms with van der Waals surface area (Å²) in [7, 11) is -4.83. The van der Waals surface area contributed by atoms with Crippen molar-refractivity contribution in [3.05, 3.63) is 52.5 Å². The summed E-state index contributed by atoms with van der Waals surface area (Å²) in [5, 5.41) is 3.03. The van der Waals surface area contributed by atoms with Crippen LogP contribution >= 0.6 is 23.2 Å². The number of amides is 1. The predicted molar refractivity (Wildman–Crippen MR) is 85.3 cm³/mol. The molecule has 122 valence electrons. The van der Waals surface area contributed by atoms with E-state index < -0.39 is 21.0 Å². The smallest absolute Gasteiger partial charge is 0.332 e. The Morgan fingerprint density at radius 2 is 1.87 bits per heavy atom. The Balaban J connectivity index is 1.98. The molecule has 0 unspecified atom stereocenters. The van der Waals surface area contributed by atoms with E-state index in [0.717, 1.165) is 12.1 Å². The minimum Gasteiger partial charge on any atom is -0.484 e. The van der Waals surface area contributed by atoms with Gasteiger partial charge in [0.15, 0.2) is 6.61 Å². The van der Waals surface area contributed by atoms with Crippen molar-refractivity contribution in [2.45, 2.75) is 4.90 Å². The summed E-state index contributed by atoms with van der Waals surface area (Å²) in [6, 6.07) is 9.33. The summed E-state index contributed by atoms with van der Waals surface area (Å²) in [5.41, 5.74) is 0.131. The number of ether oxygens (including phenoxy) is 1. The molecule has 2 aromatic carbocycles. The van der Waals surface area contributed by atoms with Gasteiger partial charge < -0.3 is 10.1 Å². The molecular weight excluding hydrogens is 368 g/mol. The third-order valence-electron chi connectivity index (χ3n) is 2.66. The van der Waals surface area contributed by atoms with Crippen LogP contribution in [0.4, 0.5) is 9.57 Å². The van der Waals surface area contributed by atoms with E-state index in [1.807, 2.05) is 0 Å². The number of anilines is 1. The quantitative estimate of drug-likeness (QED) is 0.806. The molecule has 0 atom stereocenters. The fraction of sp³-hybridized carbons (Fsp3) is 0.0714. The molecule has 0 heterocycles. The average Bonchev–Trinajstić information content (AvgIpc) is 2.48. The number of nitrogens with one attached hydrogen (secondary N) is 1. The third-order valence-corrected chi connectivity index (χ3v) is 4.22. The molecule has 0 saturated carbocycles. The van der Waals surface area contributed by atoms with Crippen LogP contribution in [0.5, 0.6) is 5.75 Å². The molecule has 2 aromatic rings. The minimum atomic E-state index is -4.83. The van der Waals surface area contributed by atoms with Crippen molar-refractivity contribution in [1.82, 2.24) is 0 Å². The van der Waals surface area contributed by atoms with Gasteiger partial charge in [-0.15, -0.1) is 3.89 Å². The molecule has 5 nitrogen and oxygen atoms in total. The molecule has 0 fully saturated rings. The van der Waals surface area contributed by atoms with Crippen molar-refractivity contribution in [2.24, 2.45) is 0 Å². The molecule has 0 spiro atoms. The Kier molecular flexibility index (Phi) is 5.46. The number of carbonyl (C=O) groups is 1. The van der Waals surface area contributed by atoms with E-state index in [2.05, 4.69) is 5.32 Å². The molecule has 0 aromatic heterocycles. The van der Waals surface area contributed by atoms with E-state index in [0.29, 0.717) is 10.8 Å². The van der Waals surface area contributed by atoms with Gasteiger partial charge in [0.05, 0.1) is 10.0 Å². The number of carbonyl (C=O) groups excluding carboxylic acids is 1. The van der Waals surface area contributed by atoms with Crippen LogP contribution in [0.25, 0.3) is 0 Å². The Morgan fingerprint density at radius 1 is 1.13 bits per heavy atom.